The standard InChI is InChI=1S/C27H27Cl2N3O5/c1-4-5-7-18-22(23-19(35-2)8-6-9-20(23)36-3)25(33)24(26(34)30-18)27-32-31-21(37-27)13-11-15-10-12-16(28)17(29)14-15/h6,8-10,12,14H,4-5,7,11,13H2,1-3H3,(H2,30,33,34). The van der Waals surface area contributed by atoms with E-state index >= 15 is 0 Å². The lowest BCUT2D eigenvalue weighted by Gasteiger charge is -2.18. The number of hydrogen-bond donors (Lipinski definition) is 2. The first-order valence-corrected chi connectivity index (χ1v) is 12.6. The summed E-state index contributed by atoms with van der Waals surface area (Å²) in [5.41, 5.74) is 1.79. The second-order valence-corrected chi connectivity index (χ2v) is 9.24. The zero-order chi connectivity index (χ0) is 26.5. The van der Waals surface area contributed by atoms with Gasteiger partial charge in [0.25, 0.3) is 11.4 Å². The molecule has 0 aliphatic rings. The summed E-state index contributed by atoms with van der Waals surface area (Å²) in [6.07, 6.45) is 3.22. The topological polar surface area (TPSA) is 110 Å². The minimum Gasteiger partial charge on any atom is -0.506 e. The number of nitrogens with zero attached hydrogens (tertiary/aromatic N) is 2. The van der Waals surface area contributed by atoms with Crippen LogP contribution in [-0.4, -0.2) is 34.5 Å². The first-order chi connectivity index (χ1) is 17.9. The molecule has 0 radical (unpaired) electrons. The highest BCUT2D eigenvalue weighted by Gasteiger charge is 2.27. The summed E-state index contributed by atoms with van der Waals surface area (Å²) in [7, 11) is 3.07. The van der Waals surface area contributed by atoms with E-state index in [1.165, 1.54) is 14.2 Å². The smallest absolute Gasteiger partial charge is 0.264 e. The number of nitrogens with one attached hydrogen (secondary N) is 1. The molecule has 0 amide bonds. The van der Waals surface area contributed by atoms with Crippen molar-refractivity contribution in [3.63, 3.8) is 0 Å². The van der Waals surface area contributed by atoms with Crippen LogP contribution in [0.1, 0.15) is 36.9 Å². The third kappa shape index (κ3) is 5.60. The van der Waals surface area contributed by atoms with Gasteiger partial charge in [0.2, 0.25) is 5.89 Å². The number of aromatic amines is 1. The summed E-state index contributed by atoms with van der Waals surface area (Å²) in [6.45, 7) is 2.05. The first kappa shape index (κ1) is 26.6. The van der Waals surface area contributed by atoms with Crippen LogP contribution < -0.4 is 15.0 Å². The van der Waals surface area contributed by atoms with Crippen molar-refractivity contribution >= 4 is 23.2 Å². The summed E-state index contributed by atoms with van der Waals surface area (Å²) < 4.78 is 17.0. The largest absolute Gasteiger partial charge is 0.506 e. The molecule has 0 aliphatic heterocycles. The number of aromatic hydroxyl groups is 1. The Bertz CT molecular complexity index is 1440. The van der Waals surface area contributed by atoms with E-state index in [1.807, 2.05) is 13.0 Å². The monoisotopic (exact) mass is 543 g/mol. The summed E-state index contributed by atoms with van der Waals surface area (Å²) in [5, 5.41) is 20.6. The van der Waals surface area contributed by atoms with E-state index in [9.17, 15) is 9.90 Å². The van der Waals surface area contributed by atoms with Crippen LogP contribution in [0.25, 0.3) is 22.6 Å². The lowest BCUT2D eigenvalue weighted by molar-refractivity contribution is 0.396. The van der Waals surface area contributed by atoms with Gasteiger partial charge in [-0.05, 0) is 49.1 Å². The molecule has 194 valence electrons. The van der Waals surface area contributed by atoms with Gasteiger partial charge in [-0.1, -0.05) is 48.7 Å². The highest BCUT2D eigenvalue weighted by Crippen LogP contribution is 2.46. The number of aryl methyl sites for hydroxylation is 3. The zero-order valence-electron chi connectivity index (χ0n) is 20.7. The molecule has 0 saturated heterocycles. The van der Waals surface area contributed by atoms with Crippen molar-refractivity contribution in [2.75, 3.05) is 14.2 Å². The van der Waals surface area contributed by atoms with E-state index in [-0.39, 0.29) is 17.2 Å². The second-order valence-electron chi connectivity index (χ2n) is 8.42. The molecule has 0 bridgehead atoms. The van der Waals surface area contributed by atoms with E-state index in [4.69, 9.17) is 37.1 Å². The highest BCUT2D eigenvalue weighted by atomic mass is 35.5. The molecule has 0 fully saturated rings. The maximum absolute atomic E-state index is 13.1. The molecule has 8 nitrogen and oxygen atoms in total. The molecular formula is C27H27Cl2N3O5. The molecule has 4 rings (SSSR count). The van der Waals surface area contributed by atoms with Crippen LogP contribution in [0.15, 0.2) is 45.6 Å². The van der Waals surface area contributed by atoms with Gasteiger partial charge < -0.3 is 24.0 Å². The number of pyridine rings is 1. The Morgan fingerprint density at radius 1 is 0.946 bits per heavy atom. The zero-order valence-corrected chi connectivity index (χ0v) is 22.2. The molecule has 2 aromatic carbocycles. The van der Waals surface area contributed by atoms with Crippen LogP contribution in [0, 0.1) is 0 Å². The Balaban J connectivity index is 1.77. The average Bonchev–Trinajstić information content (AvgIpc) is 3.36. The van der Waals surface area contributed by atoms with Crippen LogP contribution in [0.4, 0.5) is 0 Å². The van der Waals surface area contributed by atoms with Crippen molar-refractivity contribution in [1.29, 1.82) is 0 Å². The molecule has 0 spiro atoms. The Kier molecular flexibility index (Phi) is 8.41. The van der Waals surface area contributed by atoms with Gasteiger partial charge in [0, 0.05) is 12.1 Å². The molecular weight excluding hydrogens is 517 g/mol. The third-order valence-corrected chi connectivity index (χ3v) is 6.76. The van der Waals surface area contributed by atoms with Crippen molar-refractivity contribution < 1.29 is 19.0 Å². The Labute approximate surface area is 224 Å². The molecule has 0 aliphatic carbocycles. The molecule has 37 heavy (non-hydrogen) atoms. The molecule has 10 heteroatoms. The number of unbranched alkanes of at least 4 members (excludes halogenated alkanes) is 1. The highest BCUT2D eigenvalue weighted by molar-refractivity contribution is 6.42. The first-order valence-electron chi connectivity index (χ1n) is 11.8. The molecule has 0 saturated carbocycles. The van der Waals surface area contributed by atoms with Crippen LogP contribution in [0.3, 0.4) is 0 Å². The van der Waals surface area contributed by atoms with Gasteiger partial charge in [-0.3, -0.25) is 4.79 Å². The van der Waals surface area contributed by atoms with Crippen molar-refractivity contribution in [2.24, 2.45) is 0 Å². The van der Waals surface area contributed by atoms with Crippen molar-refractivity contribution in [3.8, 4) is 39.8 Å². The number of benzene rings is 2. The van der Waals surface area contributed by atoms with Crippen LogP contribution >= 0.6 is 23.2 Å². The molecule has 2 aromatic heterocycles. The normalized spacial score (nSPS) is 11.1. The lowest BCUT2D eigenvalue weighted by Crippen LogP contribution is -2.14. The minimum atomic E-state index is -0.527. The molecule has 0 atom stereocenters. The van der Waals surface area contributed by atoms with Crippen LogP contribution in [0.2, 0.25) is 10.0 Å². The van der Waals surface area contributed by atoms with Crippen LogP contribution in [-0.2, 0) is 19.3 Å². The molecule has 2 heterocycles. The Morgan fingerprint density at radius 2 is 1.68 bits per heavy atom. The predicted molar refractivity (Wildman–Crippen MR) is 143 cm³/mol. The Hall–Kier alpha value is -3.49. The van der Waals surface area contributed by atoms with Crippen molar-refractivity contribution in [1.82, 2.24) is 15.2 Å². The van der Waals surface area contributed by atoms with Gasteiger partial charge in [0.05, 0.1) is 35.4 Å². The minimum absolute atomic E-state index is 0.0833. The molecule has 4 aromatic rings. The maximum atomic E-state index is 13.1. The number of aromatic nitrogens is 3. The van der Waals surface area contributed by atoms with Gasteiger partial charge in [0.1, 0.15) is 22.8 Å². The Morgan fingerprint density at radius 3 is 2.32 bits per heavy atom. The molecule has 2 N–H and O–H groups in total. The van der Waals surface area contributed by atoms with Gasteiger partial charge in [-0.2, -0.15) is 0 Å². The predicted octanol–water partition coefficient (Wildman–Crippen LogP) is 6.25. The number of hydrogen-bond acceptors (Lipinski definition) is 7. The summed E-state index contributed by atoms with van der Waals surface area (Å²) >= 11 is 12.1. The van der Waals surface area contributed by atoms with Gasteiger partial charge in [-0.25, -0.2) is 0 Å². The summed E-state index contributed by atoms with van der Waals surface area (Å²) in [5.74, 6) is 0.917. The van der Waals surface area contributed by atoms with E-state index in [1.54, 1.807) is 30.3 Å². The van der Waals surface area contributed by atoms with E-state index in [0.29, 0.717) is 63.5 Å². The number of ether oxygens (including phenoxy) is 2. The van der Waals surface area contributed by atoms with Gasteiger partial charge in [0.15, 0.2) is 0 Å². The van der Waals surface area contributed by atoms with Gasteiger partial charge in [-0.15, -0.1) is 10.2 Å². The van der Waals surface area contributed by atoms with Crippen molar-refractivity contribution in [2.45, 2.75) is 39.0 Å². The third-order valence-electron chi connectivity index (χ3n) is 6.02. The summed E-state index contributed by atoms with van der Waals surface area (Å²) in [4.78, 5) is 16.1. The average molecular weight is 544 g/mol. The lowest BCUT2D eigenvalue weighted by atomic mass is 9.96. The second kappa shape index (κ2) is 11.7. The fraction of sp³-hybridized carbons (Fsp3) is 0.296. The van der Waals surface area contributed by atoms with E-state index in [2.05, 4.69) is 15.2 Å². The quantitative estimate of drug-likeness (QED) is 0.243. The van der Waals surface area contributed by atoms with E-state index in [0.717, 1.165) is 18.4 Å². The maximum Gasteiger partial charge on any atom is 0.264 e. The fourth-order valence-corrected chi connectivity index (χ4v) is 4.47. The van der Waals surface area contributed by atoms with E-state index < -0.39 is 5.56 Å². The fourth-order valence-electron chi connectivity index (χ4n) is 4.15. The van der Waals surface area contributed by atoms with Crippen molar-refractivity contribution in [3.05, 3.63) is 73.9 Å². The number of halogens is 2. The van der Waals surface area contributed by atoms with Gasteiger partial charge >= 0.3 is 0 Å². The summed E-state index contributed by atoms with van der Waals surface area (Å²) in [6, 6.07) is 10.7. The SMILES string of the molecule is CCCCc1[nH]c(=O)c(-c2nnc(CCc3ccc(Cl)c(Cl)c3)o2)c(O)c1-c1c(OC)cccc1OC. The van der Waals surface area contributed by atoms with Crippen LogP contribution in [0.5, 0.6) is 17.2 Å². The molecule has 0 unspecified atom stereocenters. The number of H-pyrrole nitrogens is 1. The number of rotatable bonds is 10. The number of methoxy groups -OCH3 is 2.